The Hall–Kier alpha value is -4.00. The van der Waals surface area contributed by atoms with Gasteiger partial charge in [-0.25, -0.2) is 9.36 Å². The second kappa shape index (κ2) is 6.72. The molecule has 4 aromatic rings. The highest BCUT2D eigenvalue weighted by Crippen LogP contribution is 2.24. The summed E-state index contributed by atoms with van der Waals surface area (Å²) in [5, 5.41) is 12.3. The van der Waals surface area contributed by atoms with Crippen LogP contribution >= 0.6 is 0 Å². The Kier molecular flexibility index (Phi) is 4.10. The number of nitrogens with one attached hydrogen (secondary N) is 1. The number of aromatic amines is 1. The van der Waals surface area contributed by atoms with E-state index in [1.165, 1.54) is 12.4 Å². The van der Waals surface area contributed by atoms with Crippen LogP contribution in [0.4, 0.5) is 5.69 Å². The Morgan fingerprint density at radius 1 is 1.04 bits per heavy atom. The molecule has 0 aliphatic carbocycles. The van der Waals surface area contributed by atoms with Crippen LogP contribution in [0.3, 0.4) is 0 Å². The Labute approximate surface area is 152 Å². The second-order valence-corrected chi connectivity index (χ2v) is 5.80. The third-order valence-electron chi connectivity index (χ3n) is 4.12. The van der Waals surface area contributed by atoms with Crippen LogP contribution in [0.15, 0.2) is 81.6 Å². The predicted molar refractivity (Wildman–Crippen MR) is 103 cm³/mol. The van der Waals surface area contributed by atoms with E-state index in [2.05, 4.69) is 15.0 Å². The van der Waals surface area contributed by atoms with Crippen LogP contribution < -0.4 is 11.2 Å². The third kappa shape index (κ3) is 3.02. The molecule has 0 spiro atoms. The molecule has 0 amide bonds. The molecule has 0 saturated carbocycles. The zero-order chi connectivity index (χ0) is 18.8. The normalized spacial score (nSPS) is 11.3. The SMILES string of the molecule is O=c1[nH]c(=O)n(-c2cccc3ccccc23)c(O)c1C=Nc1cccnc1. The largest absolute Gasteiger partial charge is 0.493 e. The number of aliphatic imine (C=N–C) groups is 1. The Morgan fingerprint density at radius 3 is 2.67 bits per heavy atom. The molecular formula is C20H14N4O3. The molecule has 27 heavy (non-hydrogen) atoms. The van der Waals surface area contributed by atoms with E-state index in [1.54, 1.807) is 30.5 Å². The maximum atomic E-state index is 12.4. The molecule has 0 unspecified atom stereocenters. The van der Waals surface area contributed by atoms with Gasteiger partial charge in [0, 0.05) is 17.8 Å². The van der Waals surface area contributed by atoms with Gasteiger partial charge >= 0.3 is 5.69 Å². The molecule has 2 N–H and O–H groups in total. The quantitative estimate of drug-likeness (QED) is 0.550. The first kappa shape index (κ1) is 16.5. The van der Waals surface area contributed by atoms with Crippen molar-refractivity contribution < 1.29 is 5.11 Å². The van der Waals surface area contributed by atoms with E-state index < -0.39 is 17.1 Å². The standard InChI is InChI=1S/C20H14N4O3/c25-18-16(12-22-14-7-4-10-21-11-14)19(26)24(20(27)23-18)17-9-3-6-13-5-1-2-8-15(13)17/h1-12,26H,(H,23,25,27). The number of hydrogen-bond acceptors (Lipinski definition) is 5. The van der Waals surface area contributed by atoms with Crippen LogP contribution in [-0.4, -0.2) is 25.9 Å². The van der Waals surface area contributed by atoms with Crippen molar-refractivity contribution in [2.75, 3.05) is 0 Å². The van der Waals surface area contributed by atoms with Crippen LogP contribution in [0.2, 0.25) is 0 Å². The maximum Gasteiger partial charge on any atom is 0.335 e. The Balaban J connectivity index is 1.93. The molecule has 0 bridgehead atoms. The summed E-state index contributed by atoms with van der Waals surface area (Å²) in [6.45, 7) is 0. The topological polar surface area (TPSA) is 100 Å². The monoisotopic (exact) mass is 358 g/mol. The van der Waals surface area contributed by atoms with Gasteiger partial charge in [-0.3, -0.25) is 19.8 Å². The van der Waals surface area contributed by atoms with Crippen LogP contribution in [-0.2, 0) is 0 Å². The van der Waals surface area contributed by atoms with Gasteiger partial charge in [-0.2, -0.15) is 0 Å². The molecule has 7 nitrogen and oxygen atoms in total. The van der Waals surface area contributed by atoms with Crippen molar-refractivity contribution in [1.82, 2.24) is 14.5 Å². The summed E-state index contributed by atoms with van der Waals surface area (Å²) in [6, 6.07) is 16.2. The maximum absolute atomic E-state index is 12.4. The van der Waals surface area contributed by atoms with Gasteiger partial charge in [0.05, 0.1) is 17.6 Å². The molecule has 0 aliphatic rings. The van der Waals surface area contributed by atoms with Crippen LogP contribution in [0.1, 0.15) is 5.56 Å². The minimum atomic E-state index is -0.729. The Bertz CT molecular complexity index is 1270. The van der Waals surface area contributed by atoms with Crippen molar-refractivity contribution in [3.8, 4) is 11.6 Å². The van der Waals surface area contributed by atoms with Gasteiger partial charge in [0.1, 0.15) is 5.56 Å². The van der Waals surface area contributed by atoms with Gasteiger partial charge in [-0.05, 0) is 23.6 Å². The van der Waals surface area contributed by atoms with Crippen LogP contribution in [0, 0.1) is 0 Å². The Morgan fingerprint density at radius 2 is 1.85 bits per heavy atom. The number of nitrogens with zero attached hydrogens (tertiary/aromatic N) is 3. The fourth-order valence-corrected chi connectivity index (χ4v) is 2.85. The van der Waals surface area contributed by atoms with Crippen molar-refractivity contribution >= 4 is 22.7 Å². The number of pyridine rings is 1. The molecule has 2 heterocycles. The zero-order valence-corrected chi connectivity index (χ0v) is 14.0. The van der Waals surface area contributed by atoms with Crippen molar-refractivity contribution in [1.29, 1.82) is 0 Å². The van der Waals surface area contributed by atoms with Crippen molar-refractivity contribution in [2.24, 2.45) is 4.99 Å². The lowest BCUT2D eigenvalue weighted by Gasteiger charge is -2.12. The van der Waals surface area contributed by atoms with E-state index in [0.29, 0.717) is 11.4 Å². The molecule has 132 valence electrons. The minimum Gasteiger partial charge on any atom is -0.493 e. The summed E-state index contributed by atoms with van der Waals surface area (Å²) >= 11 is 0. The van der Waals surface area contributed by atoms with Crippen molar-refractivity contribution in [2.45, 2.75) is 0 Å². The van der Waals surface area contributed by atoms with Crippen molar-refractivity contribution in [3.05, 3.63) is 93.4 Å². The molecule has 0 aliphatic heterocycles. The highest BCUT2D eigenvalue weighted by molar-refractivity contribution is 5.91. The number of H-pyrrole nitrogens is 1. The number of aromatic hydroxyl groups is 1. The fourth-order valence-electron chi connectivity index (χ4n) is 2.85. The number of hydrogen-bond donors (Lipinski definition) is 2. The van der Waals surface area contributed by atoms with Crippen molar-refractivity contribution in [3.63, 3.8) is 0 Å². The lowest BCUT2D eigenvalue weighted by Crippen LogP contribution is -2.31. The van der Waals surface area contributed by atoms with Gasteiger partial charge in [0.2, 0.25) is 5.88 Å². The molecule has 7 heteroatoms. The molecule has 0 radical (unpaired) electrons. The molecule has 2 aromatic heterocycles. The fraction of sp³-hybridized carbons (Fsp3) is 0. The zero-order valence-electron chi connectivity index (χ0n) is 14.0. The summed E-state index contributed by atoms with van der Waals surface area (Å²) in [5.74, 6) is -0.479. The molecular weight excluding hydrogens is 344 g/mol. The summed E-state index contributed by atoms with van der Waals surface area (Å²) in [6.07, 6.45) is 4.33. The average Bonchev–Trinajstić information content (AvgIpc) is 2.68. The molecule has 0 atom stereocenters. The average molecular weight is 358 g/mol. The van der Waals surface area contributed by atoms with Gasteiger partial charge in [0.25, 0.3) is 5.56 Å². The first-order valence-electron chi connectivity index (χ1n) is 8.15. The number of fused-ring (bicyclic) bond motifs is 1. The number of benzene rings is 2. The molecule has 2 aromatic carbocycles. The van der Waals surface area contributed by atoms with Gasteiger partial charge < -0.3 is 5.11 Å². The third-order valence-corrected chi connectivity index (χ3v) is 4.12. The highest BCUT2D eigenvalue weighted by atomic mass is 16.3. The van der Waals surface area contributed by atoms with E-state index in [0.717, 1.165) is 15.3 Å². The van der Waals surface area contributed by atoms with Crippen LogP contribution in [0.25, 0.3) is 16.5 Å². The predicted octanol–water partition coefficient (Wildman–Crippen LogP) is 2.53. The summed E-state index contributed by atoms with van der Waals surface area (Å²) in [4.78, 5) is 34.9. The van der Waals surface area contributed by atoms with Gasteiger partial charge in [-0.15, -0.1) is 0 Å². The summed E-state index contributed by atoms with van der Waals surface area (Å²) < 4.78 is 1.06. The number of rotatable bonds is 3. The summed E-state index contributed by atoms with van der Waals surface area (Å²) in [7, 11) is 0. The second-order valence-electron chi connectivity index (χ2n) is 5.80. The van der Waals surface area contributed by atoms with Gasteiger partial charge in [0.15, 0.2) is 0 Å². The highest BCUT2D eigenvalue weighted by Gasteiger charge is 2.15. The molecule has 0 fully saturated rings. The van der Waals surface area contributed by atoms with Crippen LogP contribution in [0.5, 0.6) is 5.88 Å². The summed E-state index contributed by atoms with van der Waals surface area (Å²) in [5.41, 5.74) is -0.595. The lowest BCUT2D eigenvalue weighted by atomic mass is 10.1. The van der Waals surface area contributed by atoms with E-state index in [4.69, 9.17) is 0 Å². The lowest BCUT2D eigenvalue weighted by molar-refractivity contribution is 0.430. The number of aromatic nitrogens is 3. The van der Waals surface area contributed by atoms with E-state index >= 15 is 0 Å². The first-order valence-corrected chi connectivity index (χ1v) is 8.15. The minimum absolute atomic E-state index is 0.119. The van der Waals surface area contributed by atoms with Gasteiger partial charge in [-0.1, -0.05) is 36.4 Å². The van der Waals surface area contributed by atoms with E-state index in [9.17, 15) is 14.7 Å². The first-order chi connectivity index (χ1) is 13.1. The van der Waals surface area contributed by atoms with E-state index in [-0.39, 0.29) is 5.56 Å². The molecule has 0 saturated heterocycles. The smallest absolute Gasteiger partial charge is 0.335 e. The van der Waals surface area contributed by atoms with E-state index in [1.807, 2.05) is 30.3 Å². The molecule has 4 rings (SSSR count).